The number of carbonyl (C=O) groups is 2. The molecule has 4 nitrogen and oxygen atoms in total. The monoisotopic (exact) mass is 283 g/mol. The standard InChI is InChI=1S/C14H21NO3S/c1-14(2,19-3)7-15-12(16)10-8-4-5-9(6-8)11(10)13(17)18/h4-5,8-11H,6-7H2,1-3H3,(H,15,16)(H,17,18)/t8?,9?,10-,11+/m0/s1. The van der Waals surface area contributed by atoms with Crippen LogP contribution in [0.2, 0.25) is 0 Å². The summed E-state index contributed by atoms with van der Waals surface area (Å²) in [5, 5.41) is 12.2. The van der Waals surface area contributed by atoms with Gasteiger partial charge in [-0.1, -0.05) is 12.2 Å². The summed E-state index contributed by atoms with van der Waals surface area (Å²) in [5.41, 5.74) is 0. The van der Waals surface area contributed by atoms with E-state index in [4.69, 9.17) is 0 Å². The number of nitrogens with one attached hydrogen (secondary N) is 1. The van der Waals surface area contributed by atoms with Crippen LogP contribution in [0.5, 0.6) is 0 Å². The molecule has 2 aliphatic carbocycles. The van der Waals surface area contributed by atoms with Crippen molar-refractivity contribution in [2.75, 3.05) is 12.8 Å². The van der Waals surface area contributed by atoms with Crippen LogP contribution in [0, 0.1) is 23.7 Å². The summed E-state index contributed by atoms with van der Waals surface area (Å²) in [6.45, 7) is 4.69. The van der Waals surface area contributed by atoms with Crippen LogP contribution in [0.25, 0.3) is 0 Å². The Bertz CT molecular complexity index is 419. The molecule has 1 fully saturated rings. The fraction of sp³-hybridized carbons (Fsp3) is 0.714. The molecule has 0 aromatic carbocycles. The summed E-state index contributed by atoms with van der Waals surface area (Å²) in [6.07, 6.45) is 6.78. The highest BCUT2D eigenvalue weighted by Gasteiger charge is 2.51. The second-order valence-electron chi connectivity index (χ2n) is 6.02. The second-order valence-corrected chi connectivity index (χ2v) is 7.53. The largest absolute Gasteiger partial charge is 0.481 e. The molecule has 2 aliphatic rings. The number of hydrogen-bond donors (Lipinski definition) is 2. The van der Waals surface area contributed by atoms with Gasteiger partial charge in [0, 0.05) is 11.3 Å². The molecule has 0 aliphatic heterocycles. The minimum absolute atomic E-state index is 0.0260. The zero-order chi connectivity index (χ0) is 14.2. The third-order valence-corrected chi connectivity index (χ3v) is 5.54. The first-order valence-electron chi connectivity index (χ1n) is 6.60. The molecule has 0 aromatic rings. The average molecular weight is 283 g/mol. The number of allylic oxidation sites excluding steroid dienone is 2. The van der Waals surface area contributed by atoms with Gasteiger partial charge in [-0.05, 0) is 38.4 Å². The molecule has 2 rings (SSSR count). The Morgan fingerprint density at radius 2 is 1.89 bits per heavy atom. The zero-order valence-corrected chi connectivity index (χ0v) is 12.4. The van der Waals surface area contributed by atoms with Gasteiger partial charge in [0.15, 0.2) is 0 Å². The van der Waals surface area contributed by atoms with Gasteiger partial charge in [-0.25, -0.2) is 0 Å². The van der Waals surface area contributed by atoms with E-state index in [0.717, 1.165) is 6.42 Å². The van der Waals surface area contributed by atoms with E-state index in [0.29, 0.717) is 6.54 Å². The van der Waals surface area contributed by atoms with Crippen molar-refractivity contribution in [3.8, 4) is 0 Å². The molecular formula is C14H21NO3S. The van der Waals surface area contributed by atoms with Gasteiger partial charge in [0.1, 0.15) is 0 Å². The van der Waals surface area contributed by atoms with E-state index in [2.05, 4.69) is 19.2 Å². The maximum absolute atomic E-state index is 12.3. The van der Waals surface area contributed by atoms with Crippen LogP contribution in [0.1, 0.15) is 20.3 Å². The highest BCUT2D eigenvalue weighted by Crippen LogP contribution is 2.48. The van der Waals surface area contributed by atoms with E-state index in [9.17, 15) is 14.7 Å². The zero-order valence-electron chi connectivity index (χ0n) is 11.6. The Labute approximate surface area is 118 Å². The van der Waals surface area contributed by atoms with Crippen LogP contribution in [0.3, 0.4) is 0 Å². The lowest BCUT2D eigenvalue weighted by atomic mass is 9.82. The number of rotatable bonds is 5. The molecule has 0 heterocycles. The molecule has 0 aromatic heterocycles. The predicted octanol–water partition coefficient (Wildman–Crippen LogP) is 1.77. The highest BCUT2D eigenvalue weighted by atomic mass is 32.2. The summed E-state index contributed by atoms with van der Waals surface area (Å²) in [6, 6.07) is 0. The van der Waals surface area contributed by atoms with Crippen molar-refractivity contribution in [3.05, 3.63) is 12.2 Å². The summed E-state index contributed by atoms with van der Waals surface area (Å²) < 4.78 is -0.0260. The lowest BCUT2D eigenvalue weighted by molar-refractivity contribution is -0.147. The predicted molar refractivity (Wildman–Crippen MR) is 76.0 cm³/mol. The molecule has 106 valence electrons. The van der Waals surface area contributed by atoms with Crippen molar-refractivity contribution < 1.29 is 14.7 Å². The van der Waals surface area contributed by atoms with Crippen molar-refractivity contribution in [1.82, 2.24) is 5.32 Å². The molecular weight excluding hydrogens is 262 g/mol. The third-order valence-electron chi connectivity index (χ3n) is 4.29. The Kier molecular flexibility index (Phi) is 3.95. The molecule has 1 saturated carbocycles. The molecule has 5 heteroatoms. The average Bonchev–Trinajstić information content (AvgIpc) is 2.95. The topological polar surface area (TPSA) is 66.4 Å². The Hall–Kier alpha value is -0.970. The first kappa shape index (κ1) is 14.4. The summed E-state index contributed by atoms with van der Waals surface area (Å²) in [7, 11) is 0. The van der Waals surface area contributed by atoms with Crippen molar-refractivity contribution in [3.63, 3.8) is 0 Å². The van der Waals surface area contributed by atoms with Crippen molar-refractivity contribution in [1.29, 1.82) is 0 Å². The number of fused-ring (bicyclic) bond motifs is 2. The molecule has 0 saturated heterocycles. The van der Waals surface area contributed by atoms with Crippen LogP contribution in [-0.4, -0.2) is 34.5 Å². The maximum Gasteiger partial charge on any atom is 0.307 e. The fourth-order valence-electron chi connectivity index (χ4n) is 3.01. The van der Waals surface area contributed by atoms with Crippen LogP contribution in [-0.2, 0) is 9.59 Å². The summed E-state index contributed by atoms with van der Waals surface area (Å²) >= 11 is 1.69. The Morgan fingerprint density at radius 3 is 2.42 bits per heavy atom. The fourth-order valence-corrected chi connectivity index (χ4v) is 3.22. The van der Waals surface area contributed by atoms with Gasteiger partial charge in [0.05, 0.1) is 11.8 Å². The molecule has 2 unspecified atom stereocenters. The number of carbonyl (C=O) groups excluding carboxylic acids is 1. The molecule has 1 amide bonds. The Morgan fingerprint density at radius 1 is 1.32 bits per heavy atom. The van der Waals surface area contributed by atoms with Gasteiger partial charge in [-0.15, -0.1) is 0 Å². The Balaban J connectivity index is 2.02. The van der Waals surface area contributed by atoms with Crippen LogP contribution < -0.4 is 5.32 Å². The number of thioether (sulfide) groups is 1. The number of carboxylic acids is 1. The third kappa shape index (κ3) is 2.81. The van der Waals surface area contributed by atoms with Gasteiger partial charge < -0.3 is 10.4 Å². The van der Waals surface area contributed by atoms with Gasteiger partial charge in [0.2, 0.25) is 5.91 Å². The first-order valence-corrected chi connectivity index (χ1v) is 7.82. The van der Waals surface area contributed by atoms with E-state index >= 15 is 0 Å². The molecule has 19 heavy (non-hydrogen) atoms. The molecule has 0 radical (unpaired) electrons. The summed E-state index contributed by atoms with van der Waals surface area (Å²) in [5.74, 6) is -1.76. The smallest absolute Gasteiger partial charge is 0.307 e. The lowest BCUT2D eigenvalue weighted by Crippen LogP contribution is -2.44. The van der Waals surface area contributed by atoms with Crippen molar-refractivity contribution in [2.45, 2.75) is 25.0 Å². The van der Waals surface area contributed by atoms with E-state index in [1.807, 2.05) is 18.4 Å². The van der Waals surface area contributed by atoms with Crippen LogP contribution >= 0.6 is 11.8 Å². The summed E-state index contributed by atoms with van der Waals surface area (Å²) in [4.78, 5) is 23.6. The molecule has 4 atom stereocenters. The van der Waals surface area contributed by atoms with E-state index in [1.165, 1.54) is 0 Å². The molecule has 2 bridgehead atoms. The SMILES string of the molecule is CSC(C)(C)CNC(=O)[C@H]1C2C=CC(C2)[C@H]1C(=O)O. The first-order chi connectivity index (χ1) is 8.85. The highest BCUT2D eigenvalue weighted by molar-refractivity contribution is 7.99. The van der Waals surface area contributed by atoms with E-state index in [1.54, 1.807) is 11.8 Å². The van der Waals surface area contributed by atoms with Crippen LogP contribution in [0.4, 0.5) is 0 Å². The van der Waals surface area contributed by atoms with Crippen molar-refractivity contribution >= 4 is 23.6 Å². The van der Waals surface area contributed by atoms with Gasteiger partial charge >= 0.3 is 5.97 Å². The van der Waals surface area contributed by atoms with Gasteiger partial charge in [0.25, 0.3) is 0 Å². The second kappa shape index (κ2) is 5.19. The maximum atomic E-state index is 12.3. The minimum Gasteiger partial charge on any atom is -0.481 e. The van der Waals surface area contributed by atoms with Crippen molar-refractivity contribution in [2.24, 2.45) is 23.7 Å². The number of carboxylic acid groups (broad SMARTS) is 1. The van der Waals surface area contributed by atoms with E-state index in [-0.39, 0.29) is 22.5 Å². The quantitative estimate of drug-likeness (QED) is 0.755. The number of aliphatic carboxylic acids is 1. The van der Waals surface area contributed by atoms with Gasteiger partial charge in [-0.3, -0.25) is 9.59 Å². The molecule has 2 N–H and O–H groups in total. The lowest BCUT2D eigenvalue weighted by Gasteiger charge is -2.27. The molecule has 0 spiro atoms. The van der Waals surface area contributed by atoms with Crippen LogP contribution in [0.15, 0.2) is 12.2 Å². The van der Waals surface area contributed by atoms with Gasteiger partial charge in [-0.2, -0.15) is 11.8 Å². The normalized spacial score (nSPS) is 32.6. The number of amides is 1. The van der Waals surface area contributed by atoms with E-state index < -0.39 is 17.8 Å². The number of hydrogen-bond acceptors (Lipinski definition) is 3. The minimum atomic E-state index is -0.846.